The quantitative estimate of drug-likeness (QED) is 0.673. The average Bonchev–Trinajstić information content (AvgIpc) is 2.24. The summed E-state index contributed by atoms with van der Waals surface area (Å²) in [5, 5.41) is 0. The third kappa shape index (κ3) is 4.47. The zero-order valence-corrected chi connectivity index (χ0v) is 9.93. The van der Waals surface area contributed by atoms with Crippen LogP contribution in [0.4, 0.5) is 4.39 Å². The van der Waals surface area contributed by atoms with Crippen LogP contribution in [0, 0.1) is 5.92 Å². The molecule has 15 heavy (non-hydrogen) atoms. The van der Waals surface area contributed by atoms with Gasteiger partial charge >= 0.3 is 0 Å². The van der Waals surface area contributed by atoms with Gasteiger partial charge in [0.2, 0.25) is 0 Å². The van der Waals surface area contributed by atoms with Crippen molar-refractivity contribution in [2.24, 2.45) is 5.92 Å². The molecule has 0 saturated carbocycles. The SMILES string of the molecule is CC(C)C1(F)CCCCOCCOCC1. The van der Waals surface area contributed by atoms with E-state index in [0.29, 0.717) is 32.7 Å². The fourth-order valence-corrected chi connectivity index (χ4v) is 1.89. The lowest BCUT2D eigenvalue weighted by Gasteiger charge is -2.29. The summed E-state index contributed by atoms with van der Waals surface area (Å²) in [4.78, 5) is 0. The summed E-state index contributed by atoms with van der Waals surface area (Å²) >= 11 is 0. The molecule has 90 valence electrons. The van der Waals surface area contributed by atoms with Crippen LogP contribution < -0.4 is 0 Å². The van der Waals surface area contributed by atoms with Gasteiger partial charge in [-0.25, -0.2) is 4.39 Å². The molecule has 1 aliphatic heterocycles. The highest BCUT2D eigenvalue weighted by Gasteiger charge is 2.32. The molecular weight excluding hydrogens is 195 g/mol. The topological polar surface area (TPSA) is 18.5 Å². The third-order valence-corrected chi connectivity index (χ3v) is 3.20. The lowest BCUT2D eigenvalue weighted by atomic mass is 9.84. The number of ether oxygens (including phenoxy) is 2. The first-order valence-electron chi connectivity index (χ1n) is 5.99. The monoisotopic (exact) mass is 218 g/mol. The van der Waals surface area contributed by atoms with Gasteiger partial charge < -0.3 is 9.47 Å². The summed E-state index contributed by atoms with van der Waals surface area (Å²) in [7, 11) is 0. The maximum Gasteiger partial charge on any atom is 0.115 e. The Morgan fingerprint density at radius 3 is 2.27 bits per heavy atom. The fraction of sp³-hybridized carbons (Fsp3) is 1.00. The highest BCUT2D eigenvalue weighted by atomic mass is 19.1. The highest BCUT2D eigenvalue weighted by Crippen LogP contribution is 2.32. The van der Waals surface area contributed by atoms with Gasteiger partial charge in [-0.2, -0.15) is 0 Å². The molecule has 1 rings (SSSR count). The molecule has 1 aliphatic rings. The van der Waals surface area contributed by atoms with Crippen molar-refractivity contribution in [3.8, 4) is 0 Å². The van der Waals surface area contributed by atoms with Gasteiger partial charge in [0.1, 0.15) is 5.67 Å². The Labute approximate surface area is 92.1 Å². The van der Waals surface area contributed by atoms with Crippen LogP contribution >= 0.6 is 0 Å². The van der Waals surface area contributed by atoms with Crippen molar-refractivity contribution in [2.75, 3.05) is 26.4 Å². The zero-order chi connectivity index (χ0) is 11.1. The molecule has 0 N–H and O–H groups in total. The van der Waals surface area contributed by atoms with E-state index in [-0.39, 0.29) is 5.92 Å². The van der Waals surface area contributed by atoms with Gasteiger partial charge in [0, 0.05) is 19.6 Å². The molecule has 1 saturated heterocycles. The van der Waals surface area contributed by atoms with E-state index in [1.807, 2.05) is 13.8 Å². The van der Waals surface area contributed by atoms with Crippen LogP contribution in [0.5, 0.6) is 0 Å². The second-order valence-electron chi connectivity index (χ2n) is 4.62. The average molecular weight is 218 g/mol. The van der Waals surface area contributed by atoms with E-state index in [0.717, 1.165) is 19.4 Å². The largest absolute Gasteiger partial charge is 0.379 e. The molecule has 0 aromatic heterocycles. The fourth-order valence-electron chi connectivity index (χ4n) is 1.89. The first-order chi connectivity index (χ1) is 7.15. The molecule has 0 aromatic carbocycles. The molecule has 1 unspecified atom stereocenters. The van der Waals surface area contributed by atoms with E-state index in [1.54, 1.807) is 0 Å². The molecule has 0 aliphatic carbocycles. The summed E-state index contributed by atoms with van der Waals surface area (Å²) in [5.74, 6) is 0.0720. The van der Waals surface area contributed by atoms with Gasteiger partial charge in [0.05, 0.1) is 13.2 Å². The summed E-state index contributed by atoms with van der Waals surface area (Å²) in [6, 6.07) is 0. The van der Waals surface area contributed by atoms with Crippen molar-refractivity contribution in [3.63, 3.8) is 0 Å². The van der Waals surface area contributed by atoms with Gasteiger partial charge in [-0.3, -0.25) is 0 Å². The van der Waals surface area contributed by atoms with Crippen LogP contribution in [0.1, 0.15) is 39.5 Å². The van der Waals surface area contributed by atoms with Crippen LogP contribution in [-0.2, 0) is 9.47 Å². The van der Waals surface area contributed by atoms with Gasteiger partial charge in [-0.05, 0) is 25.2 Å². The Kier molecular flexibility index (Phi) is 5.54. The Balaban J connectivity index is 2.45. The Bertz CT molecular complexity index is 159. The van der Waals surface area contributed by atoms with Crippen molar-refractivity contribution >= 4 is 0 Å². The van der Waals surface area contributed by atoms with Gasteiger partial charge in [-0.15, -0.1) is 0 Å². The maximum absolute atomic E-state index is 14.5. The number of halogens is 1. The Morgan fingerprint density at radius 1 is 0.933 bits per heavy atom. The van der Waals surface area contributed by atoms with Crippen LogP contribution in [-0.4, -0.2) is 32.1 Å². The maximum atomic E-state index is 14.5. The van der Waals surface area contributed by atoms with Crippen LogP contribution in [0.25, 0.3) is 0 Å². The van der Waals surface area contributed by atoms with E-state index in [4.69, 9.17) is 9.47 Å². The van der Waals surface area contributed by atoms with E-state index >= 15 is 0 Å². The van der Waals surface area contributed by atoms with Crippen molar-refractivity contribution in [1.29, 1.82) is 0 Å². The van der Waals surface area contributed by atoms with Crippen LogP contribution in [0.3, 0.4) is 0 Å². The predicted molar refractivity (Wildman–Crippen MR) is 58.8 cm³/mol. The molecule has 0 bridgehead atoms. The summed E-state index contributed by atoms with van der Waals surface area (Å²) in [6.07, 6.45) is 3.02. The van der Waals surface area contributed by atoms with Crippen molar-refractivity contribution < 1.29 is 13.9 Å². The van der Waals surface area contributed by atoms with Crippen molar-refractivity contribution in [1.82, 2.24) is 0 Å². The number of rotatable bonds is 1. The second-order valence-corrected chi connectivity index (χ2v) is 4.62. The van der Waals surface area contributed by atoms with Gasteiger partial charge in [-0.1, -0.05) is 13.8 Å². The second kappa shape index (κ2) is 6.44. The molecule has 0 amide bonds. The minimum Gasteiger partial charge on any atom is -0.379 e. The Morgan fingerprint density at radius 2 is 1.60 bits per heavy atom. The van der Waals surface area contributed by atoms with Gasteiger partial charge in [0.25, 0.3) is 0 Å². The van der Waals surface area contributed by atoms with Crippen molar-refractivity contribution in [2.45, 2.75) is 45.2 Å². The number of hydrogen-bond donors (Lipinski definition) is 0. The Hall–Kier alpha value is -0.150. The molecule has 3 heteroatoms. The summed E-state index contributed by atoms with van der Waals surface area (Å²) < 4.78 is 25.2. The predicted octanol–water partition coefficient (Wildman–Crippen LogP) is 2.96. The van der Waals surface area contributed by atoms with Crippen LogP contribution in [0.15, 0.2) is 0 Å². The van der Waals surface area contributed by atoms with Crippen LogP contribution in [0.2, 0.25) is 0 Å². The summed E-state index contributed by atoms with van der Waals surface area (Å²) in [5.41, 5.74) is -1.05. The molecule has 1 heterocycles. The molecule has 1 atom stereocenters. The smallest absolute Gasteiger partial charge is 0.115 e. The molecule has 2 nitrogen and oxygen atoms in total. The van der Waals surface area contributed by atoms with Gasteiger partial charge in [0.15, 0.2) is 0 Å². The molecule has 0 spiro atoms. The zero-order valence-electron chi connectivity index (χ0n) is 9.93. The van der Waals surface area contributed by atoms with E-state index in [1.165, 1.54) is 0 Å². The molecule has 1 fully saturated rings. The van der Waals surface area contributed by atoms with E-state index in [9.17, 15) is 4.39 Å². The number of alkyl halides is 1. The van der Waals surface area contributed by atoms with Crippen molar-refractivity contribution in [3.05, 3.63) is 0 Å². The molecule has 0 radical (unpaired) electrons. The first kappa shape index (κ1) is 12.9. The first-order valence-corrected chi connectivity index (χ1v) is 5.99. The van der Waals surface area contributed by atoms with E-state index in [2.05, 4.69) is 0 Å². The lowest BCUT2D eigenvalue weighted by Crippen LogP contribution is -2.31. The standard InChI is InChI=1S/C12H23FO2/c1-11(2)12(13)5-3-4-7-14-9-10-15-8-6-12/h11H,3-10H2,1-2H3. The summed E-state index contributed by atoms with van der Waals surface area (Å²) in [6.45, 7) is 6.39. The number of hydrogen-bond acceptors (Lipinski definition) is 2. The lowest BCUT2D eigenvalue weighted by molar-refractivity contribution is 0.0176. The normalized spacial score (nSPS) is 31.2. The van der Waals surface area contributed by atoms with E-state index < -0.39 is 5.67 Å². The highest BCUT2D eigenvalue weighted by molar-refractivity contribution is 4.82. The minimum absolute atomic E-state index is 0.0720. The molecule has 0 aromatic rings. The third-order valence-electron chi connectivity index (χ3n) is 3.20. The molecular formula is C12H23FO2. The minimum atomic E-state index is -1.05.